The molecule has 1 rings (SSSR count). The Morgan fingerprint density at radius 3 is 2.40 bits per heavy atom. The SMILES string of the molecule is CCOC(CC)(CC)C(Cc1ccc(Cl)cc1F)NC. The Kier molecular flexibility index (Phi) is 6.93. The van der Waals surface area contributed by atoms with Crippen molar-refractivity contribution in [1.82, 2.24) is 5.32 Å². The highest BCUT2D eigenvalue weighted by Gasteiger charge is 2.35. The lowest BCUT2D eigenvalue weighted by molar-refractivity contribution is -0.0704. The van der Waals surface area contributed by atoms with Crippen molar-refractivity contribution in [2.45, 2.75) is 51.7 Å². The summed E-state index contributed by atoms with van der Waals surface area (Å²) in [5.74, 6) is -0.254. The number of rotatable bonds is 8. The van der Waals surface area contributed by atoms with Crippen LogP contribution < -0.4 is 5.32 Å². The van der Waals surface area contributed by atoms with Crippen LogP contribution in [-0.4, -0.2) is 25.3 Å². The molecule has 2 nitrogen and oxygen atoms in total. The van der Waals surface area contributed by atoms with E-state index in [4.69, 9.17) is 16.3 Å². The van der Waals surface area contributed by atoms with Crippen LogP contribution in [0.25, 0.3) is 0 Å². The molecule has 0 fully saturated rings. The highest BCUT2D eigenvalue weighted by molar-refractivity contribution is 6.30. The van der Waals surface area contributed by atoms with Gasteiger partial charge in [0.25, 0.3) is 0 Å². The molecule has 0 heterocycles. The lowest BCUT2D eigenvalue weighted by Gasteiger charge is -2.39. The van der Waals surface area contributed by atoms with Gasteiger partial charge in [-0.15, -0.1) is 0 Å². The fraction of sp³-hybridized carbons (Fsp3) is 0.625. The van der Waals surface area contributed by atoms with E-state index in [-0.39, 0.29) is 17.5 Å². The van der Waals surface area contributed by atoms with E-state index in [1.807, 2.05) is 14.0 Å². The second-order valence-electron chi connectivity index (χ2n) is 4.99. The van der Waals surface area contributed by atoms with E-state index in [1.165, 1.54) is 6.07 Å². The average molecular weight is 302 g/mol. The number of hydrogen-bond acceptors (Lipinski definition) is 2. The smallest absolute Gasteiger partial charge is 0.127 e. The standard InChI is InChI=1S/C16H25ClFNO/c1-5-16(6-2,20-7-3)15(19-4)10-12-8-9-13(17)11-14(12)18/h8-9,11,15,19H,5-7,10H2,1-4H3. The Hall–Kier alpha value is -0.640. The van der Waals surface area contributed by atoms with Crippen LogP contribution >= 0.6 is 11.6 Å². The first-order valence-electron chi connectivity index (χ1n) is 7.28. The Morgan fingerprint density at radius 2 is 1.95 bits per heavy atom. The van der Waals surface area contributed by atoms with Crippen LogP contribution in [-0.2, 0) is 11.2 Å². The number of nitrogens with one attached hydrogen (secondary N) is 1. The van der Waals surface area contributed by atoms with Crippen molar-refractivity contribution >= 4 is 11.6 Å². The minimum absolute atomic E-state index is 0.0631. The van der Waals surface area contributed by atoms with Gasteiger partial charge >= 0.3 is 0 Å². The quantitative estimate of drug-likeness (QED) is 0.777. The molecule has 0 spiro atoms. The lowest BCUT2D eigenvalue weighted by atomic mass is 9.84. The van der Waals surface area contributed by atoms with Gasteiger partial charge in [-0.25, -0.2) is 4.39 Å². The monoisotopic (exact) mass is 301 g/mol. The minimum atomic E-state index is -0.268. The van der Waals surface area contributed by atoms with Gasteiger partial charge in [-0.05, 0) is 50.9 Å². The van der Waals surface area contributed by atoms with Gasteiger partial charge < -0.3 is 10.1 Å². The molecule has 0 saturated heterocycles. The van der Waals surface area contributed by atoms with Gasteiger partial charge in [0.15, 0.2) is 0 Å². The van der Waals surface area contributed by atoms with Gasteiger partial charge in [-0.1, -0.05) is 31.5 Å². The molecule has 0 radical (unpaired) electrons. The summed E-state index contributed by atoms with van der Waals surface area (Å²) in [6.45, 7) is 6.88. The molecule has 0 aromatic heterocycles. The molecule has 0 aliphatic heterocycles. The molecule has 20 heavy (non-hydrogen) atoms. The van der Waals surface area contributed by atoms with E-state index in [0.29, 0.717) is 23.6 Å². The minimum Gasteiger partial charge on any atom is -0.374 e. The molecule has 1 atom stereocenters. The number of hydrogen-bond donors (Lipinski definition) is 1. The predicted octanol–water partition coefficient (Wildman–Crippen LogP) is 4.20. The Labute approximate surface area is 126 Å². The molecule has 4 heteroatoms. The summed E-state index contributed by atoms with van der Waals surface area (Å²) in [5, 5.41) is 3.72. The summed E-state index contributed by atoms with van der Waals surface area (Å²) in [7, 11) is 1.90. The van der Waals surface area contributed by atoms with Gasteiger partial charge in [0.1, 0.15) is 5.82 Å². The van der Waals surface area contributed by atoms with Gasteiger partial charge in [-0.3, -0.25) is 0 Å². The van der Waals surface area contributed by atoms with Crippen LogP contribution in [0.4, 0.5) is 4.39 Å². The fourth-order valence-electron chi connectivity index (χ4n) is 2.79. The van der Waals surface area contributed by atoms with Crippen molar-refractivity contribution in [1.29, 1.82) is 0 Å². The molecule has 1 N–H and O–H groups in total. The zero-order valence-corrected chi connectivity index (χ0v) is 13.6. The fourth-order valence-corrected chi connectivity index (χ4v) is 2.95. The second kappa shape index (κ2) is 7.96. The Balaban J connectivity index is 2.99. The van der Waals surface area contributed by atoms with Crippen LogP contribution in [0, 0.1) is 5.82 Å². The molecule has 0 aliphatic carbocycles. The zero-order valence-electron chi connectivity index (χ0n) is 12.8. The first-order valence-corrected chi connectivity index (χ1v) is 7.65. The molecular formula is C16H25ClFNO. The van der Waals surface area contributed by atoms with Crippen molar-refractivity contribution in [3.63, 3.8) is 0 Å². The van der Waals surface area contributed by atoms with Gasteiger partial charge in [0, 0.05) is 17.7 Å². The van der Waals surface area contributed by atoms with Crippen LogP contribution in [0.3, 0.4) is 0 Å². The van der Waals surface area contributed by atoms with Crippen molar-refractivity contribution in [2.24, 2.45) is 0 Å². The van der Waals surface area contributed by atoms with Crippen molar-refractivity contribution in [3.8, 4) is 0 Å². The normalized spacial score (nSPS) is 13.5. The van der Waals surface area contributed by atoms with Crippen molar-refractivity contribution in [3.05, 3.63) is 34.6 Å². The lowest BCUT2D eigenvalue weighted by Crippen LogP contribution is -2.52. The van der Waals surface area contributed by atoms with Crippen LogP contribution in [0.15, 0.2) is 18.2 Å². The highest BCUT2D eigenvalue weighted by Crippen LogP contribution is 2.28. The van der Waals surface area contributed by atoms with Gasteiger partial charge in [-0.2, -0.15) is 0 Å². The molecule has 0 amide bonds. The van der Waals surface area contributed by atoms with Gasteiger partial charge in [0.05, 0.1) is 5.60 Å². The van der Waals surface area contributed by atoms with Gasteiger partial charge in [0.2, 0.25) is 0 Å². The van der Waals surface area contributed by atoms with E-state index in [0.717, 1.165) is 12.8 Å². The molecule has 1 aromatic carbocycles. The molecule has 1 unspecified atom stereocenters. The molecule has 114 valence electrons. The largest absolute Gasteiger partial charge is 0.374 e. The van der Waals surface area contributed by atoms with Crippen LogP contribution in [0.1, 0.15) is 39.2 Å². The molecule has 0 aliphatic rings. The highest BCUT2D eigenvalue weighted by atomic mass is 35.5. The number of ether oxygens (including phenoxy) is 1. The first-order chi connectivity index (χ1) is 9.52. The Bertz CT molecular complexity index is 421. The van der Waals surface area contributed by atoms with E-state index >= 15 is 0 Å². The van der Waals surface area contributed by atoms with Crippen LogP contribution in [0.2, 0.25) is 5.02 Å². The summed E-state index contributed by atoms with van der Waals surface area (Å²) in [5.41, 5.74) is 0.398. The summed E-state index contributed by atoms with van der Waals surface area (Å²) in [6.07, 6.45) is 2.36. The summed E-state index contributed by atoms with van der Waals surface area (Å²) >= 11 is 5.80. The van der Waals surface area contributed by atoms with E-state index < -0.39 is 0 Å². The number of halogens is 2. The summed E-state index contributed by atoms with van der Waals surface area (Å²) in [6, 6.07) is 4.91. The third-order valence-corrected chi connectivity index (χ3v) is 4.29. The van der Waals surface area contributed by atoms with E-state index in [9.17, 15) is 4.39 Å². The Morgan fingerprint density at radius 1 is 1.30 bits per heavy atom. The maximum atomic E-state index is 14.0. The predicted molar refractivity (Wildman–Crippen MR) is 82.9 cm³/mol. The third-order valence-electron chi connectivity index (χ3n) is 4.05. The zero-order chi connectivity index (χ0) is 15.2. The van der Waals surface area contributed by atoms with Crippen molar-refractivity contribution in [2.75, 3.05) is 13.7 Å². The summed E-state index contributed by atoms with van der Waals surface area (Å²) < 4.78 is 20.0. The maximum Gasteiger partial charge on any atom is 0.127 e. The topological polar surface area (TPSA) is 21.3 Å². The first kappa shape index (κ1) is 17.4. The number of likely N-dealkylation sites (N-methyl/N-ethyl adjacent to an activating group) is 1. The van der Waals surface area contributed by atoms with Crippen molar-refractivity contribution < 1.29 is 9.13 Å². The summed E-state index contributed by atoms with van der Waals surface area (Å²) in [4.78, 5) is 0. The third kappa shape index (κ3) is 3.94. The van der Waals surface area contributed by atoms with E-state index in [2.05, 4.69) is 19.2 Å². The maximum absolute atomic E-state index is 14.0. The molecular weight excluding hydrogens is 277 g/mol. The molecule has 1 aromatic rings. The van der Waals surface area contributed by atoms with Crippen LogP contribution in [0.5, 0.6) is 0 Å². The average Bonchev–Trinajstić information content (AvgIpc) is 2.44. The number of benzene rings is 1. The van der Waals surface area contributed by atoms with E-state index in [1.54, 1.807) is 12.1 Å². The molecule has 0 saturated carbocycles. The molecule has 0 bridgehead atoms. The second-order valence-corrected chi connectivity index (χ2v) is 5.42.